The van der Waals surface area contributed by atoms with Gasteiger partial charge in [0, 0.05) is 20.1 Å². The quantitative estimate of drug-likeness (QED) is 0.649. The zero-order chi connectivity index (χ0) is 9.68. The Hall–Kier alpha value is -0.830. The topological polar surface area (TPSA) is 32.3 Å². The minimum atomic E-state index is 0.179. The van der Waals surface area contributed by atoms with Crippen LogP contribution in [0.4, 0.5) is 0 Å². The van der Waals surface area contributed by atoms with E-state index in [2.05, 4.69) is 11.9 Å². The first-order chi connectivity index (χ1) is 6.25. The van der Waals surface area contributed by atoms with Gasteiger partial charge in [0.25, 0.3) is 0 Å². The SMILES string of the molecule is C=CCN(C)C(=O)[C@@H]1CCCNC1. The molecule has 1 heterocycles. The molecule has 13 heavy (non-hydrogen) atoms. The van der Waals surface area contributed by atoms with Crippen LogP contribution in [0, 0.1) is 5.92 Å². The zero-order valence-electron chi connectivity index (χ0n) is 8.25. The Balaban J connectivity index is 2.40. The van der Waals surface area contributed by atoms with Crippen molar-refractivity contribution in [2.75, 3.05) is 26.7 Å². The second-order valence-electron chi connectivity index (χ2n) is 3.55. The number of piperidine rings is 1. The number of likely N-dealkylation sites (N-methyl/N-ethyl adjacent to an activating group) is 1. The second kappa shape index (κ2) is 5.02. The number of rotatable bonds is 3. The first-order valence-corrected chi connectivity index (χ1v) is 4.82. The Morgan fingerprint density at radius 3 is 3.08 bits per heavy atom. The third kappa shape index (κ3) is 2.84. The molecule has 1 amide bonds. The molecule has 74 valence electrons. The Bertz CT molecular complexity index is 185. The van der Waals surface area contributed by atoms with Gasteiger partial charge >= 0.3 is 0 Å². The lowest BCUT2D eigenvalue weighted by molar-refractivity contribution is -0.134. The monoisotopic (exact) mass is 182 g/mol. The van der Waals surface area contributed by atoms with Crippen LogP contribution in [0.3, 0.4) is 0 Å². The normalized spacial score (nSPS) is 22.4. The molecule has 0 aromatic heterocycles. The van der Waals surface area contributed by atoms with E-state index in [1.807, 2.05) is 7.05 Å². The van der Waals surface area contributed by atoms with Crippen LogP contribution in [-0.4, -0.2) is 37.5 Å². The molecule has 1 fully saturated rings. The molecule has 3 heteroatoms. The molecule has 1 N–H and O–H groups in total. The summed E-state index contributed by atoms with van der Waals surface area (Å²) in [5.74, 6) is 0.422. The van der Waals surface area contributed by atoms with Crippen LogP contribution in [0.15, 0.2) is 12.7 Å². The van der Waals surface area contributed by atoms with Crippen molar-refractivity contribution in [3.63, 3.8) is 0 Å². The second-order valence-corrected chi connectivity index (χ2v) is 3.55. The van der Waals surface area contributed by atoms with Crippen LogP contribution in [0.5, 0.6) is 0 Å². The molecular formula is C10H18N2O. The van der Waals surface area contributed by atoms with Gasteiger partial charge in [-0.05, 0) is 19.4 Å². The molecule has 0 aromatic rings. The Labute approximate surface area is 79.8 Å². The maximum Gasteiger partial charge on any atom is 0.226 e. The molecule has 1 aliphatic heterocycles. The van der Waals surface area contributed by atoms with Gasteiger partial charge in [-0.1, -0.05) is 6.08 Å². The number of hydrogen-bond donors (Lipinski definition) is 1. The molecule has 0 radical (unpaired) electrons. The van der Waals surface area contributed by atoms with Gasteiger partial charge in [-0.25, -0.2) is 0 Å². The highest BCUT2D eigenvalue weighted by molar-refractivity contribution is 5.79. The first kappa shape index (κ1) is 10.3. The molecule has 1 saturated heterocycles. The van der Waals surface area contributed by atoms with Crippen molar-refractivity contribution in [3.8, 4) is 0 Å². The summed E-state index contributed by atoms with van der Waals surface area (Å²) in [6.45, 7) is 6.15. The summed E-state index contributed by atoms with van der Waals surface area (Å²) in [5, 5.41) is 3.24. The third-order valence-corrected chi connectivity index (χ3v) is 2.43. The lowest BCUT2D eigenvalue weighted by Gasteiger charge is -2.26. The van der Waals surface area contributed by atoms with Crippen molar-refractivity contribution in [3.05, 3.63) is 12.7 Å². The van der Waals surface area contributed by atoms with E-state index in [4.69, 9.17) is 0 Å². The average molecular weight is 182 g/mol. The molecule has 0 unspecified atom stereocenters. The summed E-state index contributed by atoms with van der Waals surface area (Å²) in [6, 6.07) is 0. The minimum absolute atomic E-state index is 0.179. The molecule has 0 spiro atoms. The van der Waals surface area contributed by atoms with E-state index in [0.29, 0.717) is 6.54 Å². The highest BCUT2D eigenvalue weighted by atomic mass is 16.2. The minimum Gasteiger partial charge on any atom is -0.342 e. The lowest BCUT2D eigenvalue weighted by Crippen LogP contribution is -2.41. The van der Waals surface area contributed by atoms with Gasteiger partial charge in [0.2, 0.25) is 5.91 Å². The number of carbonyl (C=O) groups is 1. The van der Waals surface area contributed by atoms with Crippen molar-refractivity contribution in [1.82, 2.24) is 10.2 Å². The number of nitrogens with one attached hydrogen (secondary N) is 1. The van der Waals surface area contributed by atoms with E-state index in [1.165, 1.54) is 0 Å². The summed E-state index contributed by atoms with van der Waals surface area (Å²) < 4.78 is 0. The van der Waals surface area contributed by atoms with E-state index in [-0.39, 0.29) is 11.8 Å². The fraction of sp³-hybridized carbons (Fsp3) is 0.700. The first-order valence-electron chi connectivity index (χ1n) is 4.82. The fourth-order valence-corrected chi connectivity index (χ4v) is 1.66. The van der Waals surface area contributed by atoms with Gasteiger partial charge in [-0.3, -0.25) is 4.79 Å². The van der Waals surface area contributed by atoms with Crippen LogP contribution >= 0.6 is 0 Å². The van der Waals surface area contributed by atoms with Gasteiger partial charge < -0.3 is 10.2 Å². The molecule has 1 aliphatic rings. The van der Waals surface area contributed by atoms with E-state index >= 15 is 0 Å². The van der Waals surface area contributed by atoms with E-state index < -0.39 is 0 Å². The van der Waals surface area contributed by atoms with Gasteiger partial charge in [-0.15, -0.1) is 6.58 Å². The summed E-state index contributed by atoms with van der Waals surface area (Å²) in [5.41, 5.74) is 0. The summed E-state index contributed by atoms with van der Waals surface area (Å²) >= 11 is 0. The maximum absolute atomic E-state index is 11.7. The fourth-order valence-electron chi connectivity index (χ4n) is 1.66. The van der Waals surface area contributed by atoms with E-state index in [1.54, 1.807) is 11.0 Å². The standard InChI is InChI=1S/C10H18N2O/c1-3-7-12(2)10(13)9-5-4-6-11-8-9/h3,9,11H,1,4-8H2,2H3/t9-/m1/s1. The summed E-state index contributed by atoms with van der Waals surface area (Å²) in [4.78, 5) is 13.5. The Kier molecular flexibility index (Phi) is 3.96. The van der Waals surface area contributed by atoms with Crippen LogP contribution in [0.1, 0.15) is 12.8 Å². The molecule has 0 bridgehead atoms. The smallest absolute Gasteiger partial charge is 0.226 e. The molecule has 3 nitrogen and oxygen atoms in total. The molecule has 0 saturated carbocycles. The molecule has 1 atom stereocenters. The van der Waals surface area contributed by atoms with Gasteiger partial charge in [0.15, 0.2) is 0 Å². The van der Waals surface area contributed by atoms with E-state index in [9.17, 15) is 4.79 Å². The molecule has 1 rings (SSSR count). The molecule has 0 aliphatic carbocycles. The van der Waals surface area contributed by atoms with Crippen LogP contribution in [0.25, 0.3) is 0 Å². The number of carbonyl (C=O) groups excluding carboxylic acids is 1. The van der Waals surface area contributed by atoms with Gasteiger partial charge in [-0.2, -0.15) is 0 Å². The van der Waals surface area contributed by atoms with Crippen LogP contribution in [0.2, 0.25) is 0 Å². The van der Waals surface area contributed by atoms with E-state index in [0.717, 1.165) is 25.9 Å². The average Bonchev–Trinajstić information content (AvgIpc) is 2.18. The predicted octanol–water partition coefficient (Wildman–Crippen LogP) is 0.630. The Morgan fingerprint density at radius 2 is 2.54 bits per heavy atom. The molecular weight excluding hydrogens is 164 g/mol. The van der Waals surface area contributed by atoms with Crippen molar-refractivity contribution in [2.45, 2.75) is 12.8 Å². The van der Waals surface area contributed by atoms with Crippen LogP contribution < -0.4 is 5.32 Å². The van der Waals surface area contributed by atoms with Crippen molar-refractivity contribution >= 4 is 5.91 Å². The summed E-state index contributed by atoms with van der Waals surface area (Å²) in [6.07, 6.45) is 3.89. The van der Waals surface area contributed by atoms with Gasteiger partial charge in [0.1, 0.15) is 0 Å². The van der Waals surface area contributed by atoms with Crippen LogP contribution in [-0.2, 0) is 4.79 Å². The highest BCUT2D eigenvalue weighted by Crippen LogP contribution is 2.12. The van der Waals surface area contributed by atoms with Gasteiger partial charge in [0.05, 0.1) is 5.92 Å². The highest BCUT2D eigenvalue weighted by Gasteiger charge is 2.22. The largest absolute Gasteiger partial charge is 0.342 e. The predicted molar refractivity (Wildman–Crippen MR) is 53.4 cm³/mol. The lowest BCUT2D eigenvalue weighted by atomic mass is 9.98. The van der Waals surface area contributed by atoms with Crippen molar-refractivity contribution in [1.29, 1.82) is 0 Å². The number of hydrogen-bond acceptors (Lipinski definition) is 2. The third-order valence-electron chi connectivity index (χ3n) is 2.43. The van der Waals surface area contributed by atoms with Crippen molar-refractivity contribution in [2.24, 2.45) is 5.92 Å². The van der Waals surface area contributed by atoms with Crippen molar-refractivity contribution < 1.29 is 4.79 Å². The summed E-state index contributed by atoms with van der Waals surface area (Å²) in [7, 11) is 1.83. The molecule has 0 aromatic carbocycles. The zero-order valence-corrected chi connectivity index (χ0v) is 8.25. The maximum atomic E-state index is 11.7. The Morgan fingerprint density at radius 1 is 1.77 bits per heavy atom. The number of amides is 1. The number of nitrogens with zero attached hydrogens (tertiary/aromatic N) is 1.